The Morgan fingerprint density at radius 3 is 2.40 bits per heavy atom. The molecule has 0 radical (unpaired) electrons. The van der Waals surface area contributed by atoms with Gasteiger partial charge in [-0.2, -0.15) is 4.31 Å². The maximum Gasteiger partial charge on any atom is 0.243 e. The molecule has 2 saturated heterocycles. The Morgan fingerprint density at radius 2 is 1.84 bits per heavy atom. The van der Waals surface area contributed by atoms with Gasteiger partial charge in [-0.15, -0.1) is 0 Å². The van der Waals surface area contributed by atoms with Crippen LogP contribution in [0.3, 0.4) is 0 Å². The lowest BCUT2D eigenvalue weighted by molar-refractivity contribution is 0.205. The number of hydrogen-bond acceptors (Lipinski definition) is 4. The summed E-state index contributed by atoms with van der Waals surface area (Å²) in [4.78, 5) is 0.409. The average Bonchev–Trinajstić information content (AvgIpc) is 3.00. The molecule has 2 fully saturated rings. The third-order valence-electron chi connectivity index (χ3n) is 5.59. The van der Waals surface area contributed by atoms with Gasteiger partial charge in [0.15, 0.2) is 0 Å². The van der Waals surface area contributed by atoms with E-state index < -0.39 is 10.0 Å². The van der Waals surface area contributed by atoms with Gasteiger partial charge in [-0.1, -0.05) is 39.8 Å². The molecule has 3 unspecified atom stereocenters. The van der Waals surface area contributed by atoms with E-state index in [1.54, 1.807) is 16.4 Å². The van der Waals surface area contributed by atoms with Crippen LogP contribution in [0.25, 0.3) is 0 Å². The summed E-state index contributed by atoms with van der Waals surface area (Å²) in [7, 11) is -3.42. The second-order valence-electron chi connectivity index (χ2n) is 8.57. The molecule has 25 heavy (non-hydrogen) atoms. The van der Waals surface area contributed by atoms with E-state index >= 15 is 0 Å². The van der Waals surface area contributed by atoms with Crippen molar-refractivity contribution < 1.29 is 8.42 Å². The highest BCUT2D eigenvalue weighted by Crippen LogP contribution is 2.30. The number of benzene rings is 1. The zero-order chi connectivity index (χ0) is 18.2. The molecule has 2 aliphatic heterocycles. The molecular formula is C19H31N3O2S. The number of piperidine rings is 1. The van der Waals surface area contributed by atoms with E-state index in [0.29, 0.717) is 35.9 Å². The van der Waals surface area contributed by atoms with E-state index in [9.17, 15) is 8.42 Å². The maximum absolute atomic E-state index is 13.1. The van der Waals surface area contributed by atoms with Gasteiger partial charge in [-0.05, 0) is 47.8 Å². The summed E-state index contributed by atoms with van der Waals surface area (Å²) >= 11 is 0. The molecule has 2 N–H and O–H groups in total. The average molecular weight is 366 g/mol. The van der Waals surface area contributed by atoms with Crippen LogP contribution in [0.2, 0.25) is 0 Å². The summed E-state index contributed by atoms with van der Waals surface area (Å²) in [6, 6.07) is 7.76. The molecule has 140 valence electrons. The fourth-order valence-electron chi connectivity index (χ4n) is 3.95. The highest BCUT2D eigenvalue weighted by Gasteiger charge is 2.37. The lowest BCUT2D eigenvalue weighted by Crippen LogP contribution is -2.48. The minimum Gasteiger partial charge on any atom is -0.257 e. The summed E-state index contributed by atoms with van der Waals surface area (Å²) in [5, 5.41) is 0. The molecule has 2 heterocycles. The third-order valence-corrected chi connectivity index (χ3v) is 7.47. The first-order chi connectivity index (χ1) is 11.7. The molecule has 1 aromatic carbocycles. The molecule has 0 bridgehead atoms. The lowest BCUT2D eigenvalue weighted by atomic mass is 9.86. The Kier molecular flexibility index (Phi) is 5.26. The van der Waals surface area contributed by atoms with Gasteiger partial charge in [0.2, 0.25) is 10.0 Å². The van der Waals surface area contributed by atoms with E-state index in [0.717, 1.165) is 24.9 Å². The molecule has 0 saturated carbocycles. The van der Waals surface area contributed by atoms with Crippen LogP contribution in [0, 0.1) is 11.8 Å². The van der Waals surface area contributed by atoms with Crippen LogP contribution in [0.1, 0.15) is 46.1 Å². The minimum absolute atomic E-state index is 0.0236. The van der Waals surface area contributed by atoms with E-state index in [4.69, 9.17) is 0 Å². The number of hydrazine groups is 1. The van der Waals surface area contributed by atoms with Crippen LogP contribution < -0.4 is 10.9 Å². The number of nitrogens with zero attached hydrogens (tertiary/aromatic N) is 1. The van der Waals surface area contributed by atoms with Crippen molar-refractivity contribution in [3.63, 3.8) is 0 Å². The Bertz CT molecular complexity index is 694. The number of hydrogen-bond donors (Lipinski definition) is 2. The van der Waals surface area contributed by atoms with Crippen molar-refractivity contribution in [2.24, 2.45) is 11.8 Å². The predicted octanol–water partition coefficient (Wildman–Crippen LogP) is 2.50. The first-order valence-electron chi connectivity index (χ1n) is 9.28. The third kappa shape index (κ3) is 3.92. The fraction of sp³-hybridized carbons (Fsp3) is 0.684. The first-order valence-corrected chi connectivity index (χ1v) is 10.7. The van der Waals surface area contributed by atoms with E-state index in [1.165, 1.54) is 0 Å². The van der Waals surface area contributed by atoms with Crippen molar-refractivity contribution >= 4 is 10.0 Å². The van der Waals surface area contributed by atoms with Crippen molar-refractivity contribution in [3.05, 3.63) is 29.8 Å². The van der Waals surface area contributed by atoms with Gasteiger partial charge in [-0.25, -0.2) is 8.42 Å². The van der Waals surface area contributed by atoms with Gasteiger partial charge in [0.1, 0.15) is 0 Å². The Balaban J connectivity index is 1.77. The lowest BCUT2D eigenvalue weighted by Gasteiger charge is -2.36. The summed E-state index contributed by atoms with van der Waals surface area (Å²) in [5.74, 6) is 0.890. The Morgan fingerprint density at radius 1 is 1.16 bits per heavy atom. The van der Waals surface area contributed by atoms with E-state index in [1.807, 2.05) is 12.1 Å². The molecule has 3 atom stereocenters. The van der Waals surface area contributed by atoms with Crippen LogP contribution in [-0.4, -0.2) is 38.4 Å². The predicted molar refractivity (Wildman–Crippen MR) is 101 cm³/mol. The topological polar surface area (TPSA) is 61.4 Å². The Hall–Kier alpha value is -0.950. The molecular weight excluding hydrogens is 334 g/mol. The molecule has 0 aliphatic carbocycles. The zero-order valence-corrected chi connectivity index (χ0v) is 16.6. The molecule has 3 rings (SSSR count). The second-order valence-corrected chi connectivity index (χ2v) is 10.5. The highest BCUT2D eigenvalue weighted by molar-refractivity contribution is 7.89. The maximum atomic E-state index is 13.1. The van der Waals surface area contributed by atoms with Gasteiger partial charge >= 0.3 is 0 Å². The van der Waals surface area contributed by atoms with Crippen molar-refractivity contribution in [1.82, 2.24) is 15.2 Å². The van der Waals surface area contributed by atoms with Crippen LogP contribution in [0.4, 0.5) is 0 Å². The molecule has 2 aliphatic rings. The molecule has 0 aromatic heterocycles. The SMILES string of the molecule is CC1CNNC1C1CCCN(S(=O)(=O)c2ccc(C(C)(C)C)cc2)C1. The fourth-order valence-corrected chi connectivity index (χ4v) is 5.49. The number of nitrogens with one attached hydrogen (secondary N) is 2. The monoisotopic (exact) mass is 365 g/mol. The molecule has 6 heteroatoms. The van der Waals surface area contributed by atoms with E-state index in [2.05, 4.69) is 38.5 Å². The van der Waals surface area contributed by atoms with Crippen LogP contribution >= 0.6 is 0 Å². The van der Waals surface area contributed by atoms with Crippen LogP contribution in [0.15, 0.2) is 29.2 Å². The number of sulfonamides is 1. The smallest absolute Gasteiger partial charge is 0.243 e. The molecule has 0 amide bonds. The molecule has 1 aromatic rings. The molecule has 0 spiro atoms. The largest absolute Gasteiger partial charge is 0.257 e. The zero-order valence-electron chi connectivity index (χ0n) is 15.7. The Labute approximate surface area is 152 Å². The first kappa shape index (κ1) is 18.8. The van der Waals surface area contributed by atoms with Gasteiger partial charge < -0.3 is 0 Å². The minimum atomic E-state index is -3.42. The van der Waals surface area contributed by atoms with Crippen LogP contribution in [0.5, 0.6) is 0 Å². The standard InChI is InChI=1S/C19H31N3O2S/c1-14-12-20-21-18(14)15-6-5-11-22(13-15)25(23,24)17-9-7-16(8-10-17)19(2,3)4/h7-10,14-15,18,20-21H,5-6,11-13H2,1-4H3. The van der Waals surface area contributed by atoms with E-state index in [-0.39, 0.29) is 5.41 Å². The quantitative estimate of drug-likeness (QED) is 0.864. The van der Waals surface area contributed by atoms with Crippen molar-refractivity contribution in [2.75, 3.05) is 19.6 Å². The summed E-state index contributed by atoms with van der Waals surface area (Å²) in [6.07, 6.45) is 2.01. The van der Waals surface area contributed by atoms with Gasteiger partial charge in [0.25, 0.3) is 0 Å². The van der Waals surface area contributed by atoms with Crippen LogP contribution in [-0.2, 0) is 15.4 Å². The van der Waals surface area contributed by atoms with Gasteiger partial charge in [0, 0.05) is 25.7 Å². The summed E-state index contributed by atoms with van der Waals surface area (Å²) in [6.45, 7) is 10.8. The molecule has 5 nitrogen and oxygen atoms in total. The van der Waals surface area contributed by atoms with Crippen molar-refractivity contribution in [3.8, 4) is 0 Å². The summed E-state index contributed by atoms with van der Waals surface area (Å²) in [5.41, 5.74) is 7.72. The normalized spacial score (nSPS) is 29.0. The second kappa shape index (κ2) is 6.99. The summed E-state index contributed by atoms with van der Waals surface area (Å²) < 4.78 is 27.8. The van der Waals surface area contributed by atoms with Crippen molar-refractivity contribution in [1.29, 1.82) is 0 Å². The van der Waals surface area contributed by atoms with Gasteiger partial charge in [-0.3, -0.25) is 10.9 Å². The van der Waals surface area contributed by atoms with Gasteiger partial charge in [0.05, 0.1) is 4.90 Å². The number of rotatable bonds is 3. The highest BCUT2D eigenvalue weighted by atomic mass is 32.2. The van der Waals surface area contributed by atoms with Crippen molar-refractivity contribution in [2.45, 2.75) is 56.9 Å².